The molecular formula is C15H22N4OS. The van der Waals surface area contributed by atoms with Crippen LogP contribution in [-0.4, -0.2) is 38.6 Å². The van der Waals surface area contributed by atoms with Gasteiger partial charge in [-0.15, -0.1) is 0 Å². The molecule has 6 heteroatoms. The molecule has 0 spiro atoms. The lowest BCUT2D eigenvalue weighted by molar-refractivity contribution is -0.131. The van der Waals surface area contributed by atoms with Crippen LogP contribution in [0.15, 0.2) is 5.03 Å². The Morgan fingerprint density at radius 2 is 1.81 bits per heavy atom. The number of hydrogen-bond acceptors (Lipinski definition) is 5. The van der Waals surface area contributed by atoms with Crippen molar-refractivity contribution in [3.05, 3.63) is 17.1 Å². The molecule has 0 N–H and O–H groups in total. The summed E-state index contributed by atoms with van der Waals surface area (Å²) >= 11 is 1.31. The topological polar surface area (TPSA) is 69.9 Å². The molecule has 0 atom stereocenters. The van der Waals surface area contributed by atoms with Gasteiger partial charge in [-0.2, -0.15) is 5.26 Å². The van der Waals surface area contributed by atoms with Gasteiger partial charge in [-0.25, -0.2) is 9.97 Å². The van der Waals surface area contributed by atoms with E-state index in [-0.39, 0.29) is 23.7 Å². The molecule has 0 aromatic carbocycles. The number of rotatable bonds is 5. The maximum Gasteiger partial charge on any atom is 0.233 e. The zero-order valence-electron chi connectivity index (χ0n) is 13.5. The first-order valence-electron chi connectivity index (χ1n) is 6.97. The van der Waals surface area contributed by atoms with E-state index < -0.39 is 0 Å². The van der Waals surface area contributed by atoms with Gasteiger partial charge in [0, 0.05) is 12.1 Å². The Bertz CT molecular complexity index is 556. The number of hydrogen-bond donors (Lipinski definition) is 0. The number of aryl methyl sites for hydroxylation is 2. The van der Waals surface area contributed by atoms with Gasteiger partial charge in [-0.05, 0) is 41.5 Å². The van der Waals surface area contributed by atoms with Crippen molar-refractivity contribution in [2.45, 2.75) is 58.7 Å². The van der Waals surface area contributed by atoms with Gasteiger partial charge in [0.25, 0.3) is 0 Å². The van der Waals surface area contributed by atoms with Gasteiger partial charge < -0.3 is 4.90 Å². The highest BCUT2D eigenvalue weighted by Gasteiger charge is 2.21. The van der Waals surface area contributed by atoms with Crippen LogP contribution in [0.5, 0.6) is 0 Å². The fourth-order valence-electron chi connectivity index (χ4n) is 2.29. The van der Waals surface area contributed by atoms with Crippen molar-refractivity contribution in [1.29, 1.82) is 5.26 Å². The second-order valence-corrected chi connectivity index (χ2v) is 6.39. The number of aromatic nitrogens is 2. The number of thioether (sulfide) groups is 1. The van der Waals surface area contributed by atoms with Crippen LogP contribution in [0, 0.1) is 25.2 Å². The lowest BCUT2D eigenvalue weighted by atomic mass is 10.2. The summed E-state index contributed by atoms with van der Waals surface area (Å²) in [6, 6.07) is 2.43. The molecule has 1 aromatic rings. The molecule has 0 radical (unpaired) electrons. The van der Waals surface area contributed by atoms with E-state index in [1.54, 1.807) is 13.8 Å². The van der Waals surface area contributed by atoms with Crippen LogP contribution in [-0.2, 0) is 4.79 Å². The molecule has 5 nitrogen and oxygen atoms in total. The third-order valence-electron chi connectivity index (χ3n) is 3.01. The molecule has 0 saturated heterocycles. The Morgan fingerprint density at radius 1 is 1.24 bits per heavy atom. The van der Waals surface area contributed by atoms with Gasteiger partial charge in [0.15, 0.2) is 0 Å². The first-order chi connectivity index (χ1) is 9.77. The highest BCUT2D eigenvalue weighted by Crippen LogP contribution is 2.23. The summed E-state index contributed by atoms with van der Waals surface area (Å²) in [5.74, 6) is 0.954. The maximum absolute atomic E-state index is 12.3. The van der Waals surface area contributed by atoms with E-state index in [1.165, 1.54) is 11.8 Å². The zero-order valence-corrected chi connectivity index (χ0v) is 14.3. The van der Waals surface area contributed by atoms with Crippen molar-refractivity contribution in [2.75, 3.05) is 5.75 Å². The van der Waals surface area contributed by atoms with E-state index in [2.05, 4.69) is 16.0 Å². The molecule has 1 heterocycles. The molecular weight excluding hydrogens is 284 g/mol. The van der Waals surface area contributed by atoms with Crippen LogP contribution >= 0.6 is 11.8 Å². The molecule has 21 heavy (non-hydrogen) atoms. The van der Waals surface area contributed by atoms with Crippen molar-refractivity contribution in [1.82, 2.24) is 14.9 Å². The summed E-state index contributed by atoms with van der Waals surface area (Å²) in [4.78, 5) is 22.7. The van der Waals surface area contributed by atoms with Gasteiger partial charge in [0.2, 0.25) is 5.91 Å². The average Bonchev–Trinajstić information content (AvgIpc) is 2.34. The maximum atomic E-state index is 12.3. The Labute approximate surface area is 130 Å². The SMILES string of the molecule is Cc1nc(C)c(C#N)c(SCC(=O)N(C(C)C)C(C)C)n1. The van der Waals surface area contributed by atoms with Crippen molar-refractivity contribution in [3.63, 3.8) is 0 Å². The second-order valence-electron chi connectivity index (χ2n) is 5.43. The lowest BCUT2D eigenvalue weighted by Crippen LogP contribution is -2.43. The standard InChI is InChI=1S/C15H22N4OS/c1-9(2)19(10(3)4)14(20)8-21-15-13(7-16)11(5)17-12(6)18-15/h9-10H,8H2,1-6H3. The predicted molar refractivity (Wildman–Crippen MR) is 84.1 cm³/mol. The van der Waals surface area contributed by atoms with Crippen LogP contribution in [0.25, 0.3) is 0 Å². The number of nitriles is 1. The summed E-state index contributed by atoms with van der Waals surface area (Å²) < 4.78 is 0. The highest BCUT2D eigenvalue weighted by molar-refractivity contribution is 8.00. The minimum Gasteiger partial charge on any atom is -0.337 e. The third kappa shape index (κ3) is 4.43. The third-order valence-corrected chi connectivity index (χ3v) is 3.97. The molecule has 0 saturated carbocycles. The van der Waals surface area contributed by atoms with Crippen LogP contribution < -0.4 is 0 Å². The molecule has 1 aromatic heterocycles. The Morgan fingerprint density at radius 3 is 2.29 bits per heavy atom. The van der Waals surface area contributed by atoms with Gasteiger partial charge in [-0.1, -0.05) is 11.8 Å². The number of carbonyl (C=O) groups is 1. The summed E-state index contributed by atoms with van der Waals surface area (Å²) in [7, 11) is 0. The summed E-state index contributed by atoms with van der Waals surface area (Å²) in [6.07, 6.45) is 0. The van der Waals surface area contributed by atoms with Gasteiger partial charge in [-0.3, -0.25) is 4.79 Å². The first-order valence-corrected chi connectivity index (χ1v) is 7.95. The normalized spacial score (nSPS) is 10.8. The predicted octanol–water partition coefficient (Wildman–Crippen LogP) is 2.70. The zero-order chi connectivity index (χ0) is 16.2. The summed E-state index contributed by atoms with van der Waals surface area (Å²) in [5.41, 5.74) is 1.11. The van der Waals surface area contributed by atoms with E-state index in [0.29, 0.717) is 22.1 Å². The van der Waals surface area contributed by atoms with Crippen LogP contribution in [0.4, 0.5) is 0 Å². The number of carbonyl (C=O) groups excluding carboxylic acids is 1. The van der Waals surface area contributed by atoms with E-state index in [4.69, 9.17) is 0 Å². The van der Waals surface area contributed by atoms with E-state index >= 15 is 0 Å². The molecule has 1 rings (SSSR count). The summed E-state index contributed by atoms with van der Waals surface area (Å²) in [6.45, 7) is 11.6. The van der Waals surface area contributed by atoms with E-state index in [1.807, 2.05) is 32.6 Å². The molecule has 0 bridgehead atoms. The molecule has 0 fully saturated rings. The second kappa shape index (κ2) is 7.41. The van der Waals surface area contributed by atoms with Crippen molar-refractivity contribution >= 4 is 17.7 Å². The van der Waals surface area contributed by atoms with E-state index in [9.17, 15) is 10.1 Å². The van der Waals surface area contributed by atoms with Crippen LogP contribution in [0.1, 0.15) is 44.8 Å². The average molecular weight is 306 g/mol. The van der Waals surface area contributed by atoms with Crippen molar-refractivity contribution < 1.29 is 4.79 Å². The molecule has 0 aliphatic heterocycles. The number of nitrogens with zero attached hydrogens (tertiary/aromatic N) is 4. The van der Waals surface area contributed by atoms with Gasteiger partial charge in [0.1, 0.15) is 22.5 Å². The van der Waals surface area contributed by atoms with Gasteiger partial charge in [0.05, 0.1) is 11.4 Å². The van der Waals surface area contributed by atoms with Crippen LogP contribution in [0.3, 0.4) is 0 Å². The minimum absolute atomic E-state index is 0.0582. The fourth-order valence-corrected chi connectivity index (χ4v) is 3.23. The van der Waals surface area contributed by atoms with Crippen LogP contribution in [0.2, 0.25) is 0 Å². The Balaban J connectivity index is 2.89. The lowest BCUT2D eigenvalue weighted by Gasteiger charge is -2.30. The molecule has 0 aliphatic carbocycles. The molecule has 0 unspecified atom stereocenters. The van der Waals surface area contributed by atoms with Crippen molar-refractivity contribution in [2.24, 2.45) is 0 Å². The Hall–Kier alpha value is -1.61. The van der Waals surface area contributed by atoms with Crippen molar-refractivity contribution in [3.8, 4) is 6.07 Å². The highest BCUT2D eigenvalue weighted by atomic mass is 32.2. The summed E-state index contributed by atoms with van der Waals surface area (Å²) in [5, 5.41) is 9.79. The van der Waals surface area contributed by atoms with Gasteiger partial charge >= 0.3 is 0 Å². The molecule has 1 amide bonds. The molecule has 0 aliphatic rings. The van der Waals surface area contributed by atoms with E-state index in [0.717, 1.165) is 0 Å². The fraction of sp³-hybridized carbons (Fsp3) is 0.600. The molecule has 114 valence electrons. The largest absolute Gasteiger partial charge is 0.337 e. The number of amides is 1. The smallest absolute Gasteiger partial charge is 0.233 e. The first kappa shape index (κ1) is 17.4. The minimum atomic E-state index is 0.0582. The quantitative estimate of drug-likeness (QED) is 0.618. The monoisotopic (exact) mass is 306 g/mol. The Kier molecular flexibility index (Phi) is 6.16.